The fraction of sp³-hybridized carbons (Fsp3) is 0.609. The summed E-state index contributed by atoms with van der Waals surface area (Å²) in [7, 11) is 0. The van der Waals surface area contributed by atoms with E-state index < -0.39 is 6.36 Å². The van der Waals surface area contributed by atoms with Gasteiger partial charge in [-0.05, 0) is 93.7 Å². The zero-order chi connectivity index (χ0) is 20.9. The van der Waals surface area contributed by atoms with Crippen LogP contribution in [-0.4, -0.2) is 18.4 Å². The average Bonchev–Trinajstić information content (AvgIpc) is 2.68. The summed E-state index contributed by atoms with van der Waals surface area (Å²) in [5, 5.41) is 0. The minimum atomic E-state index is -4.65. The molecule has 0 bridgehead atoms. The Bertz CT molecular complexity index is 680. The quantitative estimate of drug-likeness (QED) is 0.409. The second-order valence-electron chi connectivity index (χ2n) is 8.20. The van der Waals surface area contributed by atoms with Crippen molar-refractivity contribution >= 4 is 5.97 Å². The fourth-order valence-electron chi connectivity index (χ4n) is 4.88. The van der Waals surface area contributed by atoms with Crippen molar-refractivity contribution in [2.45, 2.75) is 76.7 Å². The van der Waals surface area contributed by atoms with E-state index in [4.69, 9.17) is 4.74 Å². The lowest BCUT2D eigenvalue weighted by molar-refractivity contribution is -0.274. The molecule has 0 saturated heterocycles. The smallest absolute Gasteiger partial charge is 0.459 e. The van der Waals surface area contributed by atoms with Crippen molar-refractivity contribution < 1.29 is 27.4 Å². The Kier molecular flexibility index (Phi) is 7.25. The summed E-state index contributed by atoms with van der Waals surface area (Å²) in [5.41, 5.74) is 1.09. The first-order chi connectivity index (χ1) is 13.8. The second kappa shape index (κ2) is 9.68. The maximum Gasteiger partial charge on any atom is 0.573 e. The van der Waals surface area contributed by atoms with Crippen LogP contribution in [0.15, 0.2) is 36.4 Å². The van der Waals surface area contributed by atoms with E-state index in [1.54, 1.807) is 25.1 Å². The summed E-state index contributed by atoms with van der Waals surface area (Å²) in [6.45, 7) is 1.80. The van der Waals surface area contributed by atoms with Crippen LogP contribution < -0.4 is 4.74 Å². The van der Waals surface area contributed by atoms with Crippen LogP contribution in [0.3, 0.4) is 0 Å². The highest BCUT2D eigenvalue weighted by atomic mass is 19.4. The van der Waals surface area contributed by atoms with Crippen molar-refractivity contribution in [2.24, 2.45) is 11.8 Å². The number of hydrogen-bond donors (Lipinski definition) is 0. The summed E-state index contributed by atoms with van der Waals surface area (Å²) in [6, 6.07) is 6.34. The molecule has 3 nitrogen and oxygen atoms in total. The summed E-state index contributed by atoms with van der Waals surface area (Å²) in [6.07, 6.45) is 7.09. The zero-order valence-electron chi connectivity index (χ0n) is 16.8. The number of benzene rings is 1. The summed E-state index contributed by atoms with van der Waals surface area (Å²) >= 11 is 0. The molecule has 0 spiro atoms. The molecule has 0 aliphatic heterocycles. The molecule has 0 radical (unpaired) electrons. The molecule has 0 amide bonds. The molecule has 29 heavy (non-hydrogen) atoms. The molecule has 6 heteroatoms. The molecule has 0 heterocycles. The zero-order valence-corrected chi connectivity index (χ0v) is 16.8. The van der Waals surface area contributed by atoms with Crippen molar-refractivity contribution in [1.29, 1.82) is 0 Å². The number of hydrogen-bond acceptors (Lipinski definition) is 3. The van der Waals surface area contributed by atoms with Crippen LogP contribution in [0, 0.1) is 11.8 Å². The van der Waals surface area contributed by atoms with Gasteiger partial charge in [0, 0.05) is 6.08 Å². The van der Waals surface area contributed by atoms with Gasteiger partial charge in [-0.3, -0.25) is 0 Å². The van der Waals surface area contributed by atoms with Crippen molar-refractivity contribution in [3.63, 3.8) is 0 Å². The van der Waals surface area contributed by atoms with E-state index in [0.717, 1.165) is 56.9 Å². The number of esters is 1. The number of halogens is 3. The highest BCUT2D eigenvalue weighted by molar-refractivity contribution is 5.81. The lowest BCUT2D eigenvalue weighted by Crippen LogP contribution is -2.29. The Morgan fingerprint density at radius 3 is 2.00 bits per heavy atom. The van der Waals surface area contributed by atoms with Crippen molar-refractivity contribution in [3.8, 4) is 5.75 Å². The molecule has 2 fully saturated rings. The normalized spacial score (nSPS) is 28.3. The molecule has 2 aliphatic carbocycles. The van der Waals surface area contributed by atoms with Gasteiger partial charge in [-0.15, -0.1) is 13.2 Å². The number of carbonyl (C=O) groups excluding carboxylic acids is 1. The number of rotatable bonds is 5. The number of allylic oxidation sites excluding steroid dienone is 1. The van der Waals surface area contributed by atoms with E-state index in [-0.39, 0.29) is 17.8 Å². The largest absolute Gasteiger partial charge is 0.573 e. The van der Waals surface area contributed by atoms with Crippen LogP contribution in [0.25, 0.3) is 0 Å². The van der Waals surface area contributed by atoms with Gasteiger partial charge in [0.15, 0.2) is 0 Å². The molecule has 2 saturated carbocycles. The predicted molar refractivity (Wildman–Crippen MR) is 104 cm³/mol. The fourth-order valence-corrected chi connectivity index (χ4v) is 4.88. The number of carbonyl (C=O) groups is 1. The van der Waals surface area contributed by atoms with E-state index in [0.29, 0.717) is 17.8 Å². The van der Waals surface area contributed by atoms with Gasteiger partial charge in [0.2, 0.25) is 0 Å². The van der Waals surface area contributed by atoms with Gasteiger partial charge >= 0.3 is 12.3 Å². The van der Waals surface area contributed by atoms with Crippen LogP contribution in [0.4, 0.5) is 13.2 Å². The van der Waals surface area contributed by atoms with Gasteiger partial charge in [-0.1, -0.05) is 18.2 Å². The Balaban J connectivity index is 1.43. The Morgan fingerprint density at radius 1 is 0.931 bits per heavy atom. The maximum absolute atomic E-state index is 12.3. The van der Waals surface area contributed by atoms with Crippen molar-refractivity contribution in [1.82, 2.24) is 0 Å². The molecular weight excluding hydrogens is 381 g/mol. The Labute approximate surface area is 170 Å². The Morgan fingerprint density at radius 2 is 1.48 bits per heavy atom. The summed E-state index contributed by atoms with van der Waals surface area (Å²) in [4.78, 5) is 11.6. The van der Waals surface area contributed by atoms with Crippen molar-refractivity contribution in [2.75, 3.05) is 0 Å². The summed E-state index contributed by atoms with van der Waals surface area (Å²) < 4.78 is 46.3. The minimum absolute atomic E-state index is 0.0451. The molecule has 0 aromatic heterocycles. The maximum atomic E-state index is 12.3. The minimum Gasteiger partial charge on any atom is -0.459 e. The molecule has 2 aliphatic rings. The van der Waals surface area contributed by atoms with E-state index in [9.17, 15) is 18.0 Å². The van der Waals surface area contributed by atoms with Crippen LogP contribution in [0.2, 0.25) is 0 Å². The van der Waals surface area contributed by atoms with Gasteiger partial charge in [-0.2, -0.15) is 0 Å². The van der Waals surface area contributed by atoms with Crippen LogP contribution in [0.5, 0.6) is 5.75 Å². The third kappa shape index (κ3) is 6.51. The average molecular weight is 410 g/mol. The van der Waals surface area contributed by atoms with Gasteiger partial charge in [0.05, 0.1) is 0 Å². The van der Waals surface area contributed by atoms with Gasteiger partial charge in [-0.25, -0.2) is 4.79 Å². The predicted octanol–water partition coefficient (Wildman–Crippen LogP) is 6.54. The van der Waals surface area contributed by atoms with Gasteiger partial charge < -0.3 is 9.47 Å². The topological polar surface area (TPSA) is 35.5 Å². The molecule has 1 aromatic rings. The van der Waals surface area contributed by atoms with E-state index in [2.05, 4.69) is 4.74 Å². The van der Waals surface area contributed by atoms with Gasteiger partial charge in [0.25, 0.3) is 0 Å². The molecule has 3 rings (SSSR count). The number of alkyl halides is 3. The number of ether oxygens (including phenoxy) is 2. The third-order valence-electron chi connectivity index (χ3n) is 6.33. The first-order valence-corrected chi connectivity index (χ1v) is 10.5. The highest BCUT2D eigenvalue weighted by Crippen LogP contribution is 2.43. The first-order valence-electron chi connectivity index (χ1n) is 10.5. The Hall–Kier alpha value is -1.98. The van der Waals surface area contributed by atoms with Crippen LogP contribution >= 0.6 is 0 Å². The lowest BCUT2D eigenvalue weighted by atomic mass is 9.69. The molecule has 160 valence electrons. The summed E-state index contributed by atoms with van der Waals surface area (Å²) in [5.74, 6) is 1.38. The monoisotopic (exact) mass is 410 g/mol. The molecule has 0 unspecified atom stereocenters. The van der Waals surface area contributed by atoms with Crippen molar-refractivity contribution in [3.05, 3.63) is 42.0 Å². The SMILES string of the molecule is CC=CC(=O)OC1CCC(C2CCC(c3ccc(OC(F)(F)F)cc3)CC2)CC1. The van der Waals surface area contributed by atoms with Gasteiger partial charge in [0.1, 0.15) is 11.9 Å². The lowest BCUT2D eigenvalue weighted by Gasteiger charge is -2.37. The van der Waals surface area contributed by atoms with E-state index in [1.807, 2.05) is 0 Å². The molecule has 0 atom stereocenters. The van der Waals surface area contributed by atoms with Crippen LogP contribution in [0.1, 0.15) is 69.8 Å². The molecule has 0 N–H and O–H groups in total. The standard InChI is InChI=1S/C23H29F3O3/c1-2-3-22(27)28-20-12-8-18(9-13-20)16-4-6-17(7-5-16)19-10-14-21(15-11-19)29-23(24,25)26/h2-3,10-11,14-18,20H,4-9,12-13H2,1H3. The third-order valence-corrected chi connectivity index (χ3v) is 6.33. The highest BCUT2D eigenvalue weighted by Gasteiger charge is 2.33. The van der Waals surface area contributed by atoms with E-state index in [1.165, 1.54) is 18.2 Å². The molecular formula is C23H29F3O3. The van der Waals surface area contributed by atoms with E-state index >= 15 is 0 Å². The second-order valence-corrected chi connectivity index (χ2v) is 8.20. The molecule has 1 aromatic carbocycles. The van der Waals surface area contributed by atoms with Crippen LogP contribution in [-0.2, 0) is 9.53 Å². The first kappa shape index (κ1) is 21.7.